The van der Waals surface area contributed by atoms with Gasteiger partial charge in [-0.2, -0.15) is 0 Å². The van der Waals surface area contributed by atoms with Crippen LogP contribution < -0.4 is 5.32 Å². The van der Waals surface area contributed by atoms with Crippen molar-refractivity contribution in [3.05, 3.63) is 39.4 Å². The van der Waals surface area contributed by atoms with Crippen LogP contribution >= 0.6 is 15.9 Å². The second-order valence-corrected chi connectivity index (χ2v) is 5.10. The van der Waals surface area contributed by atoms with Gasteiger partial charge >= 0.3 is 0 Å². The average molecular weight is 351 g/mol. The fraction of sp³-hybridized carbons (Fsp3) is 0.417. The van der Waals surface area contributed by atoms with Gasteiger partial charge in [0, 0.05) is 10.9 Å². The van der Waals surface area contributed by atoms with Crippen molar-refractivity contribution >= 4 is 27.5 Å². The molecule has 0 fully saturated rings. The zero-order valence-electron chi connectivity index (χ0n) is 10.9. The Morgan fingerprint density at radius 1 is 1.45 bits per heavy atom. The largest absolute Gasteiger partial charge is 0.346 e. The number of rotatable bonds is 5. The van der Waals surface area contributed by atoms with E-state index in [-0.39, 0.29) is 0 Å². The molecule has 1 atom stereocenters. The highest BCUT2D eigenvalue weighted by Crippen LogP contribution is 2.23. The maximum Gasteiger partial charge on any atom is 0.285 e. The van der Waals surface area contributed by atoms with Crippen LogP contribution in [0.2, 0.25) is 0 Å². The van der Waals surface area contributed by atoms with Crippen LogP contribution in [0.1, 0.15) is 30.6 Å². The zero-order chi connectivity index (χ0) is 15.5. The summed E-state index contributed by atoms with van der Waals surface area (Å²) >= 11 is 3.22. The number of nitrogens with zero attached hydrogens (tertiary/aromatic N) is 1. The summed E-state index contributed by atoms with van der Waals surface area (Å²) in [7, 11) is 0. The first-order valence-electron chi connectivity index (χ1n) is 5.76. The highest BCUT2D eigenvalue weighted by Gasteiger charge is 2.29. The van der Waals surface area contributed by atoms with Crippen LogP contribution in [-0.2, 0) is 0 Å². The SMILES string of the molecule is CCC(C)(CBr)NC(=O)c1cc(F)c(F)cc1[N+](=O)[O-]. The van der Waals surface area contributed by atoms with Gasteiger partial charge in [-0.25, -0.2) is 8.78 Å². The maximum atomic E-state index is 13.2. The van der Waals surface area contributed by atoms with Crippen LogP contribution in [0.4, 0.5) is 14.5 Å². The van der Waals surface area contributed by atoms with Crippen molar-refractivity contribution in [2.24, 2.45) is 0 Å². The van der Waals surface area contributed by atoms with Gasteiger partial charge in [-0.05, 0) is 19.4 Å². The fourth-order valence-electron chi connectivity index (χ4n) is 1.43. The first-order chi connectivity index (χ1) is 9.24. The van der Waals surface area contributed by atoms with E-state index in [1.54, 1.807) is 6.92 Å². The topological polar surface area (TPSA) is 72.2 Å². The van der Waals surface area contributed by atoms with Gasteiger partial charge in [0.25, 0.3) is 11.6 Å². The highest BCUT2D eigenvalue weighted by atomic mass is 79.9. The summed E-state index contributed by atoms with van der Waals surface area (Å²) < 4.78 is 26.2. The van der Waals surface area contributed by atoms with Crippen LogP contribution in [0, 0.1) is 21.7 Å². The van der Waals surface area contributed by atoms with Gasteiger partial charge in [0.2, 0.25) is 0 Å². The summed E-state index contributed by atoms with van der Waals surface area (Å²) in [5.41, 5.74) is -1.92. The van der Waals surface area contributed by atoms with Crippen LogP contribution in [0.15, 0.2) is 12.1 Å². The molecular weight excluding hydrogens is 338 g/mol. The predicted octanol–water partition coefficient (Wildman–Crippen LogP) is 3.17. The number of nitro groups is 1. The molecule has 1 aromatic rings. The second-order valence-electron chi connectivity index (χ2n) is 4.54. The lowest BCUT2D eigenvalue weighted by molar-refractivity contribution is -0.385. The molecule has 110 valence electrons. The Morgan fingerprint density at radius 2 is 2.00 bits per heavy atom. The van der Waals surface area contributed by atoms with E-state index >= 15 is 0 Å². The van der Waals surface area contributed by atoms with Crippen LogP contribution in [0.25, 0.3) is 0 Å². The molecule has 1 amide bonds. The van der Waals surface area contributed by atoms with Gasteiger partial charge in [-0.3, -0.25) is 14.9 Å². The molecule has 1 rings (SSSR count). The summed E-state index contributed by atoms with van der Waals surface area (Å²) in [6.07, 6.45) is 0.557. The lowest BCUT2D eigenvalue weighted by Crippen LogP contribution is -2.47. The molecule has 0 aromatic heterocycles. The zero-order valence-corrected chi connectivity index (χ0v) is 12.5. The first-order valence-corrected chi connectivity index (χ1v) is 6.88. The van der Waals surface area contributed by atoms with Crippen molar-refractivity contribution in [1.82, 2.24) is 5.32 Å². The number of carbonyl (C=O) groups is 1. The minimum atomic E-state index is -1.37. The van der Waals surface area contributed by atoms with Crippen molar-refractivity contribution in [2.45, 2.75) is 25.8 Å². The molecule has 0 bridgehead atoms. The van der Waals surface area contributed by atoms with E-state index in [0.717, 1.165) is 0 Å². The van der Waals surface area contributed by atoms with Crippen molar-refractivity contribution in [3.63, 3.8) is 0 Å². The molecule has 0 spiro atoms. The predicted molar refractivity (Wildman–Crippen MR) is 73.0 cm³/mol. The quantitative estimate of drug-likeness (QED) is 0.503. The normalized spacial score (nSPS) is 13.7. The number of halogens is 3. The molecule has 0 saturated carbocycles. The van der Waals surface area contributed by atoms with E-state index in [4.69, 9.17) is 0 Å². The third-order valence-corrected chi connectivity index (χ3v) is 4.21. The van der Waals surface area contributed by atoms with E-state index in [2.05, 4.69) is 21.2 Å². The van der Waals surface area contributed by atoms with Crippen molar-refractivity contribution in [2.75, 3.05) is 5.33 Å². The molecule has 5 nitrogen and oxygen atoms in total. The number of alkyl halides is 1. The second kappa shape index (κ2) is 6.25. The summed E-state index contributed by atoms with van der Waals surface area (Å²) in [5.74, 6) is -3.50. The molecule has 8 heteroatoms. The molecule has 0 heterocycles. The number of carbonyl (C=O) groups excluding carboxylic acids is 1. The Balaban J connectivity index is 3.22. The van der Waals surface area contributed by atoms with Gasteiger partial charge in [0.15, 0.2) is 11.6 Å². The summed E-state index contributed by atoms with van der Waals surface area (Å²) in [4.78, 5) is 21.9. The van der Waals surface area contributed by atoms with Gasteiger partial charge in [-0.1, -0.05) is 22.9 Å². The number of hydrogen-bond acceptors (Lipinski definition) is 3. The third kappa shape index (κ3) is 3.50. The number of benzene rings is 1. The van der Waals surface area contributed by atoms with Gasteiger partial charge in [0.05, 0.1) is 11.0 Å². The minimum Gasteiger partial charge on any atom is -0.346 e. The van der Waals surface area contributed by atoms with Crippen LogP contribution in [-0.4, -0.2) is 21.7 Å². The average Bonchev–Trinajstić information content (AvgIpc) is 2.40. The van der Waals surface area contributed by atoms with Gasteiger partial charge < -0.3 is 5.32 Å². The van der Waals surface area contributed by atoms with Crippen molar-refractivity contribution < 1.29 is 18.5 Å². The molecule has 0 aliphatic heterocycles. The monoisotopic (exact) mass is 350 g/mol. The van der Waals surface area contributed by atoms with E-state index in [1.165, 1.54) is 0 Å². The molecule has 1 unspecified atom stereocenters. The Bertz CT molecular complexity index is 548. The lowest BCUT2D eigenvalue weighted by atomic mass is 10.0. The summed E-state index contributed by atoms with van der Waals surface area (Å²) in [5, 5.41) is 13.8. The number of nitrogens with one attached hydrogen (secondary N) is 1. The number of nitro benzene ring substituents is 1. The summed E-state index contributed by atoms with van der Waals surface area (Å²) in [6.45, 7) is 3.55. The van der Waals surface area contributed by atoms with Crippen molar-refractivity contribution in [1.29, 1.82) is 0 Å². The van der Waals surface area contributed by atoms with E-state index in [1.807, 2.05) is 6.92 Å². The summed E-state index contributed by atoms with van der Waals surface area (Å²) in [6, 6.07) is 0.939. The Labute approximate surface area is 122 Å². The lowest BCUT2D eigenvalue weighted by Gasteiger charge is -2.27. The molecule has 0 aliphatic carbocycles. The number of hydrogen-bond donors (Lipinski definition) is 1. The Hall–Kier alpha value is -1.57. The number of amides is 1. The molecule has 0 saturated heterocycles. The molecular formula is C12H13BrF2N2O3. The third-order valence-electron chi connectivity index (χ3n) is 2.97. The van der Waals surface area contributed by atoms with Crippen LogP contribution in [0.3, 0.4) is 0 Å². The molecule has 1 aromatic carbocycles. The van der Waals surface area contributed by atoms with Crippen molar-refractivity contribution in [3.8, 4) is 0 Å². The van der Waals surface area contributed by atoms with E-state index < -0.39 is 39.3 Å². The molecule has 1 N–H and O–H groups in total. The van der Waals surface area contributed by atoms with Gasteiger partial charge in [-0.15, -0.1) is 0 Å². The Morgan fingerprint density at radius 3 is 2.45 bits per heavy atom. The Kier molecular flexibility index (Phi) is 5.15. The van der Waals surface area contributed by atoms with Gasteiger partial charge in [0.1, 0.15) is 5.56 Å². The van der Waals surface area contributed by atoms with E-state index in [0.29, 0.717) is 23.9 Å². The van der Waals surface area contributed by atoms with E-state index in [9.17, 15) is 23.7 Å². The highest BCUT2D eigenvalue weighted by molar-refractivity contribution is 9.09. The smallest absolute Gasteiger partial charge is 0.285 e. The minimum absolute atomic E-state index is 0.404. The first kappa shape index (κ1) is 16.5. The molecule has 0 aliphatic rings. The maximum absolute atomic E-state index is 13.2. The molecule has 20 heavy (non-hydrogen) atoms. The fourth-order valence-corrected chi connectivity index (χ4v) is 1.96. The van der Waals surface area contributed by atoms with Crippen LogP contribution in [0.5, 0.6) is 0 Å². The standard InChI is InChI=1S/C12H13BrF2N2O3/c1-3-12(2,6-13)16-11(18)7-4-8(14)9(15)5-10(7)17(19)20/h4-5H,3,6H2,1-2H3,(H,16,18). The molecule has 0 radical (unpaired) electrons.